The van der Waals surface area contributed by atoms with Crippen LogP contribution in [0.25, 0.3) is 11.3 Å². The Morgan fingerprint density at radius 2 is 2.11 bits per heavy atom. The number of rotatable bonds is 5. The Morgan fingerprint density at radius 3 is 2.78 bits per heavy atom. The summed E-state index contributed by atoms with van der Waals surface area (Å²) in [4.78, 5) is 16.0. The van der Waals surface area contributed by atoms with E-state index in [2.05, 4.69) is 10.3 Å². The molecule has 94 valence electrons. The molecule has 0 saturated carbocycles. The van der Waals surface area contributed by atoms with Gasteiger partial charge in [-0.05, 0) is 6.92 Å². The van der Waals surface area contributed by atoms with E-state index in [4.69, 9.17) is 5.11 Å². The molecule has 1 aromatic carbocycles. The van der Waals surface area contributed by atoms with Crippen LogP contribution in [0.5, 0.6) is 0 Å². The van der Waals surface area contributed by atoms with E-state index in [9.17, 15) is 4.79 Å². The van der Waals surface area contributed by atoms with E-state index in [1.165, 1.54) is 0 Å². The average Bonchev–Trinajstić information content (AvgIpc) is 2.71. The zero-order valence-electron chi connectivity index (χ0n) is 10.0. The van der Waals surface area contributed by atoms with Crippen LogP contribution in [0, 0.1) is 6.92 Å². The molecule has 5 heteroatoms. The zero-order valence-corrected chi connectivity index (χ0v) is 10.8. The second-order valence-electron chi connectivity index (χ2n) is 3.86. The minimum atomic E-state index is -0.806. The zero-order chi connectivity index (χ0) is 13.0. The van der Waals surface area contributed by atoms with Crippen molar-refractivity contribution in [3.05, 3.63) is 35.2 Å². The number of aromatic nitrogens is 1. The third kappa shape index (κ3) is 3.07. The van der Waals surface area contributed by atoms with Gasteiger partial charge in [-0.1, -0.05) is 30.3 Å². The normalized spacial score (nSPS) is 10.3. The number of hydrogen-bond acceptors (Lipinski definition) is 4. The van der Waals surface area contributed by atoms with E-state index < -0.39 is 5.97 Å². The van der Waals surface area contributed by atoms with Gasteiger partial charge in [-0.25, -0.2) is 4.98 Å². The SMILES string of the molecule is Cc1sc(NCCC(=O)O)nc1-c1ccccc1. The van der Waals surface area contributed by atoms with E-state index in [0.29, 0.717) is 6.54 Å². The van der Waals surface area contributed by atoms with Crippen molar-refractivity contribution in [2.24, 2.45) is 0 Å². The summed E-state index contributed by atoms with van der Waals surface area (Å²) >= 11 is 1.55. The van der Waals surface area contributed by atoms with Crippen molar-refractivity contribution in [1.29, 1.82) is 0 Å². The molecule has 0 saturated heterocycles. The lowest BCUT2D eigenvalue weighted by Gasteiger charge is -1.98. The molecule has 0 bridgehead atoms. The molecule has 0 spiro atoms. The Morgan fingerprint density at radius 1 is 1.39 bits per heavy atom. The summed E-state index contributed by atoms with van der Waals surface area (Å²) in [6.45, 7) is 2.42. The molecule has 0 aliphatic rings. The highest BCUT2D eigenvalue weighted by Gasteiger charge is 2.09. The molecule has 1 heterocycles. The van der Waals surface area contributed by atoms with Crippen LogP contribution in [-0.4, -0.2) is 22.6 Å². The molecule has 0 aliphatic heterocycles. The fourth-order valence-electron chi connectivity index (χ4n) is 1.61. The van der Waals surface area contributed by atoms with Crippen LogP contribution < -0.4 is 5.32 Å². The minimum Gasteiger partial charge on any atom is -0.481 e. The molecule has 2 rings (SSSR count). The van der Waals surface area contributed by atoms with Crippen molar-refractivity contribution < 1.29 is 9.90 Å². The maximum absolute atomic E-state index is 10.4. The van der Waals surface area contributed by atoms with Crippen molar-refractivity contribution >= 4 is 22.4 Å². The largest absolute Gasteiger partial charge is 0.481 e. The average molecular weight is 262 g/mol. The van der Waals surface area contributed by atoms with Gasteiger partial charge in [-0.15, -0.1) is 11.3 Å². The molecule has 0 aliphatic carbocycles. The standard InChI is InChI=1S/C13H14N2O2S/c1-9-12(10-5-3-2-4-6-10)15-13(18-9)14-8-7-11(16)17/h2-6H,7-8H2,1H3,(H,14,15)(H,16,17). The molecule has 0 unspecified atom stereocenters. The molecule has 0 amide bonds. The van der Waals surface area contributed by atoms with Gasteiger partial charge in [0.25, 0.3) is 0 Å². The van der Waals surface area contributed by atoms with Crippen molar-refractivity contribution in [1.82, 2.24) is 4.98 Å². The molecule has 18 heavy (non-hydrogen) atoms. The Labute approximate surface area is 109 Å². The Hall–Kier alpha value is -1.88. The van der Waals surface area contributed by atoms with Gasteiger partial charge in [0.15, 0.2) is 5.13 Å². The Balaban J connectivity index is 2.10. The first-order valence-corrected chi connectivity index (χ1v) is 6.47. The first-order chi connectivity index (χ1) is 8.66. The van der Waals surface area contributed by atoms with E-state index in [1.54, 1.807) is 11.3 Å². The number of carboxylic acids is 1. The van der Waals surface area contributed by atoms with Gasteiger partial charge in [-0.2, -0.15) is 0 Å². The molecular weight excluding hydrogens is 248 g/mol. The van der Waals surface area contributed by atoms with Crippen LogP contribution in [-0.2, 0) is 4.79 Å². The van der Waals surface area contributed by atoms with Gasteiger partial charge in [0.05, 0.1) is 12.1 Å². The molecule has 2 N–H and O–H groups in total. The Bertz CT molecular complexity index is 537. The van der Waals surface area contributed by atoms with Crippen molar-refractivity contribution in [2.45, 2.75) is 13.3 Å². The van der Waals surface area contributed by atoms with Crippen LogP contribution in [0.3, 0.4) is 0 Å². The maximum atomic E-state index is 10.4. The predicted octanol–water partition coefficient (Wildman–Crippen LogP) is 3.01. The Kier molecular flexibility index (Phi) is 3.94. The summed E-state index contributed by atoms with van der Waals surface area (Å²) in [5.41, 5.74) is 2.04. The highest BCUT2D eigenvalue weighted by molar-refractivity contribution is 7.16. The third-order valence-electron chi connectivity index (χ3n) is 2.46. The van der Waals surface area contributed by atoms with Crippen LogP contribution in [0.15, 0.2) is 30.3 Å². The van der Waals surface area contributed by atoms with Gasteiger partial charge >= 0.3 is 5.97 Å². The number of anilines is 1. The number of nitrogens with zero attached hydrogens (tertiary/aromatic N) is 1. The number of hydrogen-bond donors (Lipinski definition) is 2. The first-order valence-electron chi connectivity index (χ1n) is 5.65. The van der Waals surface area contributed by atoms with Crippen LogP contribution in [0.2, 0.25) is 0 Å². The van der Waals surface area contributed by atoms with Crippen LogP contribution in [0.4, 0.5) is 5.13 Å². The number of carboxylic acid groups (broad SMARTS) is 1. The summed E-state index contributed by atoms with van der Waals surface area (Å²) in [5.74, 6) is -0.806. The summed E-state index contributed by atoms with van der Waals surface area (Å²) in [5, 5.41) is 12.4. The van der Waals surface area contributed by atoms with Crippen molar-refractivity contribution in [3.8, 4) is 11.3 Å². The van der Waals surface area contributed by atoms with Crippen molar-refractivity contribution in [3.63, 3.8) is 0 Å². The number of aliphatic carboxylic acids is 1. The molecule has 0 fully saturated rings. The van der Waals surface area contributed by atoms with Gasteiger partial charge < -0.3 is 10.4 Å². The number of carbonyl (C=O) groups is 1. The van der Waals surface area contributed by atoms with E-state index in [0.717, 1.165) is 21.3 Å². The molecule has 0 radical (unpaired) electrons. The number of aryl methyl sites for hydroxylation is 1. The number of thiazole rings is 1. The summed E-state index contributed by atoms with van der Waals surface area (Å²) in [6.07, 6.45) is 0.0965. The van der Waals surface area contributed by atoms with Crippen LogP contribution >= 0.6 is 11.3 Å². The third-order valence-corrected chi connectivity index (χ3v) is 3.39. The van der Waals surface area contributed by atoms with Gasteiger partial charge in [0.1, 0.15) is 0 Å². The second-order valence-corrected chi connectivity index (χ2v) is 5.06. The van der Waals surface area contributed by atoms with Gasteiger partial charge in [0.2, 0.25) is 0 Å². The number of nitrogens with one attached hydrogen (secondary N) is 1. The molecular formula is C13H14N2O2S. The molecule has 0 atom stereocenters. The summed E-state index contributed by atoms with van der Waals surface area (Å²) in [7, 11) is 0. The van der Waals surface area contributed by atoms with Crippen molar-refractivity contribution in [2.75, 3.05) is 11.9 Å². The van der Waals surface area contributed by atoms with E-state index >= 15 is 0 Å². The fraction of sp³-hybridized carbons (Fsp3) is 0.231. The monoisotopic (exact) mass is 262 g/mol. The van der Waals surface area contributed by atoms with E-state index in [1.807, 2.05) is 37.3 Å². The maximum Gasteiger partial charge on any atom is 0.305 e. The quantitative estimate of drug-likeness (QED) is 0.869. The summed E-state index contributed by atoms with van der Waals surface area (Å²) in [6, 6.07) is 9.96. The first kappa shape index (κ1) is 12.6. The minimum absolute atomic E-state index is 0.0965. The lowest BCUT2D eigenvalue weighted by atomic mass is 10.1. The topological polar surface area (TPSA) is 62.2 Å². The molecule has 1 aromatic heterocycles. The second kappa shape index (κ2) is 5.64. The van der Waals surface area contributed by atoms with E-state index in [-0.39, 0.29) is 6.42 Å². The molecule has 2 aromatic rings. The predicted molar refractivity (Wildman–Crippen MR) is 73.0 cm³/mol. The number of benzene rings is 1. The highest BCUT2D eigenvalue weighted by atomic mass is 32.1. The lowest BCUT2D eigenvalue weighted by Crippen LogP contribution is -2.07. The summed E-state index contributed by atoms with van der Waals surface area (Å²) < 4.78 is 0. The highest BCUT2D eigenvalue weighted by Crippen LogP contribution is 2.29. The van der Waals surface area contributed by atoms with Gasteiger partial charge in [-0.3, -0.25) is 4.79 Å². The van der Waals surface area contributed by atoms with Gasteiger partial charge in [0, 0.05) is 17.0 Å². The fourth-order valence-corrected chi connectivity index (χ4v) is 2.47. The lowest BCUT2D eigenvalue weighted by molar-refractivity contribution is -0.136. The van der Waals surface area contributed by atoms with Crippen LogP contribution in [0.1, 0.15) is 11.3 Å². The smallest absolute Gasteiger partial charge is 0.305 e. The molecule has 4 nitrogen and oxygen atoms in total.